The van der Waals surface area contributed by atoms with Gasteiger partial charge in [0.1, 0.15) is 12.8 Å². The van der Waals surface area contributed by atoms with Gasteiger partial charge in [0.05, 0.1) is 25.0 Å². The number of amides is 2. The molecule has 7 nitrogen and oxygen atoms in total. The lowest BCUT2D eigenvalue weighted by Crippen LogP contribution is -2.44. The van der Waals surface area contributed by atoms with E-state index in [2.05, 4.69) is 10.2 Å². The fraction of sp³-hybridized carbons (Fsp3) is 0.400. The third-order valence-corrected chi connectivity index (χ3v) is 4.46. The first-order valence-corrected chi connectivity index (χ1v) is 9.14. The molecule has 0 radical (unpaired) electrons. The lowest BCUT2D eigenvalue weighted by Gasteiger charge is -2.27. The van der Waals surface area contributed by atoms with Gasteiger partial charge in [-0.2, -0.15) is 0 Å². The quantitative estimate of drug-likeness (QED) is 0.759. The summed E-state index contributed by atoms with van der Waals surface area (Å²) in [6, 6.07) is 11.2. The predicted molar refractivity (Wildman–Crippen MR) is 100 cm³/mol. The number of nitrogens with one attached hydrogen (secondary N) is 1. The van der Waals surface area contributed by atoms with Crippen LogP contribution in [0.25, 0.3) is 0 Å². The van der Waals surface area contributed by atoms with Crippen molar-refractivity contribution in [1.29, 1.82) is 0 Å². The summed E-state index contributed by atoms with van der Waals surface area (Å²) in [5.74, 6) is -0.396. The Bertz CT molecular complexity index is 712. The SMILES string of the molecule is O=C(CN(Cc1ccccc1)C(=O)c1ccoc1)NCCN1CCOCC1. The van der Waals surface area contributed by atoms with Crippen LogP contribution in [-0.4, -0.2) is 67.6 Å². The van der Waals surface area contributed by atoms with Crippen LogP contribution in [0.15, 0.2) is 53.3 Å². The van der Waals surface area contributed by atoms with Gasteiger partial charge in [0.2, 0.25) is 5.91 Å². The molecule has 27 heavy (non-hydrogen) atoms. The number of furan rings is 1. The van der Waals surface area contributed by atoms with E-state index in [4.69, 9.17) is 9.15 Å². The number of morpholine rings is 1. The van der Waals surface area contributed by atoms with Crippen molar-refractivity contribution < 1.29 is 18.7 Å². The first-order valence-electron chi connectivity index (χ1n) is 9.14. The van der Waals surface area contributed by atoms with Crippen molar-refractivity contribution in [2.24, 2.45) is 0 Å². The number of ether oxygens (including phenoxy) is 1. The highest BCUT2D eigenvalue weighted by atomic mass is 16.5. The highest BCUT2D eigenvalue weighted by Crippen LogP contribution is 2.10. The van der Waals surface area contributed by atoms with Gasteiger partial charge in [0.25, 0.3) is 5.91 Å². The third kappa shape index (κ3) is 5.94. The van der Waals surface area contributed by atoms with Crippen molar-refractivity contribution in [3.8, 4) is 0 Å². The second-order valence-electron chi connectivity index (χ2n) is 6.46. The fourth-order valence-electron chi connectivity index (χ4n) is 2.98. The average molecular weight is 371 g/mol. The molecule has 1 fully saturated rings. The molecule has 0 spiro atoms. The number of rotatable bonds is 8. The maximum atomic E-state index is 12.7. The van der Waals surface area contributed by atoms with Crippen molar-refractivity contribution >= 4 is 11.8 Å². The van der Waals surface area contributed by atoms with Crippen molar-refractivity contribution in [2.45, 2.75) is 6.54 Å². The van der Waals surface area contributed by atoms with Gasteiger partial charge in [-0.1, -0.05) is 30.3 Å². The van der Waals surface area contributed by atoms with Gasteiger partial charge in [-0.3, -0.25) is 14.5 Å². The van der Waals surface area contributed by atoms with E-state index in [9.17, 15) is 9.59 Å². The van der Waals surface area contributed by atoms with Gasteiger partial charge < -0.3 is 19.4 Å². The summed E-state index contributed by atoms with van der Waals surface area (Å²) in [5, 5.41) is 2.91. The van der Waals surface area contributed by atoms with Crippen molar-refractivity contribution in [3.63, 3.8) is 0 Å². The number of nitrogens with zero attached hydrogens (tertiary/aromatic N) is 2. The Hall–Kier alpha value is -2.64. The second kappa shape index (κ2) is 9.89. The Morgan fingerprint density at radius 1 is 1.11 bits per heavy atom. The molecule has 1 N–H and O–H groups in total. The van der Waals surface area contributed by atoms with Crippen LogP contribution in [0.3, 0.4) is 0 Å². The molecule has 0 bridgehead atoms. The zero-order valence-electron chi connectivity index (χ0n) is 15.3. The number of benzene rings is 1. The van der Waals surface area contributed by atoms with E-state index < -0.39 is 0 Å². The molecule has 3 rings (SSSR count). The van der Waals surface area contributed by atoms with E-state index in [1.165, 1.54) is 17.4 Å². The monoisotopic (exact) mass is 371 g/mol. The number of hydrogen-bond acceptors (Lipinski definition) is 5. The van der Waals surface area contributed by atoms with Crippen LogP contribution in [0.5, 0.6) is 0 Å². The summed E-state index contributed by atoms with van der Waals surface area (Å²) in [7, 11) is 0. The van der Waals surface area contributed by atoms with E-state index in [-0.39, 0.29) is 18.4 Å². The molecule has 2 aromatic rings. The number of carbonyl (C=O) groups is 2. The van der Waals surface area contributed by atoms with E-state index >= 15 is 0 Å². The van der Waals surface area contributed by atoms with Gasteiger partial charge in [-0.25, -0.2) is 0 Å². The molecule has 2 amide bonds. The van der Waals surface area contributed by atoms with Crippen molar-refractivity contribution in [1.82, 2.24) is 15.1 Å². The smallest absolute Gasteiger partial charge is 0.257 e. The first kappa shape index (κ1) is 19.1. The van der Waals surface area contributed by atoms with E-state index in [0.717, 1.165) is 38.4 Å². The van der Waals surface area contributed by atoms with Crippen LogP contribution in [0.2, 0.25) is 0 Å². The van der Waals surface area contributed by atoms with Gasteiger partial charge in [-0.15, -0.1) is 0 Å². The standard InChI is InChI=1S/C20H25N3O4/c24-19(21-7-8-22-9-12-26-13-10-22)15-23(14-17-4-2-1-3-5-17)20(25)18-6-11-27-16-18/h1-6,11,16H,7-10,12-15H2,(H,21,24). The molecule has 1 aromatic heterocycles. The first-order chi connectivity index (χ1) is 13.2. The Balaban J connectivity index is 1.55. The van der Waals surface area contributed by atoms with Crippen LogP contribution < -0.4 is 5.32 Å². The maximum Gasteiger partial charge on any atom is 0.257 e. The summed E-state index contributed by atoms with van der Waals surface area (Å²) in [4.78, 5) is 28.9. The predicted octanol–water partition coefficient (Wildman–Crippen LogP) is 1.37. The van der Waals surface area contributed by atoms with Crippen LogP contribution in [0.4, 0.5) is 0 Å². The van der Waals surface area contributed by atoms with Gasteiger partial charge in [0.15, 0.2) is 0 Å². The molecule has 0 saturated carbocycles. The molecule has 2 heterocycles. The topological polar surface area (TPSA) is 75.0 Å². The molecule has 7 heteroatoms. The molecule has 1 aliphatic heterocycles. The molecular formula is C20H25N3O4. The van der Waals surface area contributed by atoms with Gasteiger partial charge >= 0.3 is 0 Å². The third-order valence-electron chi connectivity index (χ3n) is 4.46. The minimum atomic E-state index is -0.226. The van der Waals surface area contributed by atoms with Crippen LogP contribution in [0.1, 0.15) is 15.9 Å². The zero-order chi connectivity index (χ0) is 18.9. The largest absolute Gasteiger partial charge is 0.472 e. The molecule has 0 unspecified atom stereocenters. The Morgan fingerprint density at radius 2 is 1.89 bits per heavy atom. The highest BCUT2D eigenvalue weighted by Gasteiger charge is 2.20. The second-order valence-corrected chi connectivity index (χ2v) is 6.46. The highest BCUT2D eigenvalue weighted by molar-refractivity contribution is 5.96. The summed E-state index contributed by atoms with van der Waals surface area (Å²) >= 11 is 0. The molecule has 0 aliphatic carbocycles. The molecule has 1 saturated heterocycles. The minimum absolute atomic E-state index is 0.00200. The van der Waals surface area contributed by atoms with E-state index in [1.54, 1.807) is 6.07 Å². The Morgan fingerprint density at radius 3 is 2.59 bits per heavy atom. The summed E-state index contributed by atoms with van der Waals surface area (Å²) in [6.45, 7) is 4.94. The zero-order valence-corrected chi connectivity index (χ0v) is 15.3. The van der Waals surface area contributed by atoms with Crippen molar-refractivity contribution in [3.05, 3.63) is 60.1 Å². The lowest BCUT2D eigenvalue weighted by molar-refractivity contribution is -0.122. The molecule has 0 atom stereocenters. The van der Waals surface area contributed by atoms with E-state index in [0.29, 0.717) is 18.7 Å². The Labute approximate surface area is 158 Å². The minimum Gasteiger partial charge on any atom is -0.472 e. The van der Waals surface area contributed by atoms with Crippen LogP contribution >= 0.6 is 0 Å². The molecular weight excluding hydrogens is 346 g/mol. The van der Waals surface area contributed by atoms with E-state index in [1.807, 2.05) is 30.3 Å². The molecule has 144 valence electrons. The fourth-order valence-corrected chi connectivity index (χ4v) is 2.98. The number of hydrogen-bond donors (Lipinski definition) is 1. The number of carbonyl (C=O) groups excluding carboxylic acids is 2. The normalized spacial score (nSPS) is 14.7. The Kier molecular flexibility index (Phi) is 7.01. The van der Waals surface area contributed by atoms with Crippen LogP contribution in [0, 0.1) is 0 Å². The molecule has 1 aliphatic rings. The van der Waals surface area contributed by atoms with Gasteiger partial charge in [-0.05, 0) is 11.6 Å². The summed E-state index contributed by atoms with van der Waals surface area (Å²) < 4.78 is 10.3. The summed E-state index contributed by atoms with van der Waals surface area (Å²) in [6.07, 6.45) is 2.85. The maximum absolute atomic E-state index is 12.7. The molecule has 1 aromatic carbocycles. The van der Waals surface area contributed by atoms with Crippen molar-refractivity contribution in [2.75, 3.05) is 45.9 Å². The van der Waals surface area contributed by atoms with Gasteiger partial charge in [0, 0.05) is 32.7 Å². The van der Waals surface area contributed by atoms with Crippen LogP contribution in [-0.2, 0) is 16.1 Å². The average Bonchev–Trinajstić information content (AvgIpc) is 3.23. The lowest BCUT2D eigenvalue weighted by atomic mass is 10.2. The summed E-state index contributed by atoms with van der Waals surface area (Å²) in [5.41, 5.74) is 1.41.